The molecule has 2 amide bonds. The van der Waals surface area contributed by atoms with E-state index >= 15 is 0 Å². The van der Waals surface area contributed by atoms with Crippen molar-refractivity contribution in [1.29, 1.82) is 0 Å². The molecule has 4 aromatic rings. The molecule has 13 heteroatoms. The van der Waals surface area contributed by atoms with E-state index in [0.717, 1.165) is 28.8 Å². The van der Waals surface area contributed by atoms with Gasteiger partial charge in [-0.2, -0.15) is 0 Å². The molecule has 0 saturated carbocycles. The van der Waals surface area contributed by atoms with Crippen molar-refractivity contribution in [2.75, 3.05) is 44.2 Å². The second kappa shape index (κ2) is 22.2. The van der Waals surface area contributed by atoms with Crippen LogP contribution in [0.15, 0.2) is 72.8 Å². The SMILES string of the molecule is COP1OCC2(CO1)COP(Oc1ccc(NC(=O)CCc3cc(C(C)(C)C)c(O)c(C(C)(C)C)c3)cc1)OC2.Cc1ccc(NC(=O)CCc2cc(C(C)(C)C)c(C)c(C(C)(C)C)c2)cc1. The number of phenolic OH excluding ortho intramolecular Hbond substituents is 1. The van der Waals surface area contributed by atoms with Gasteiger partial charge in [0.2, 0.25) is 11.8 Å². The smallest absolute Gasteiger partial charge is 0.397 e. The van der Waals surface area contributed by atoms with Crippen LogP contribution >= 0.6 is 17.2 Å². The van der Waals surface area contributed by atoms with Gasteiger partial charge in [0.15, 0.2) is 0 Å². The Hall–Kier alpha value is -3.92. The number of amides is 2. The van der Waals surface area contributed by atoms with Crippen LogP contribution in [0.5, 0.6) is 11.5 Å². The van der Waals surface area contributed by atoms with Gasteiger partial charge in [-0.3, -0.25) is 9.59 Å². The quantitative estimate of drug-likeness (QED) is 0.126. The Morgan fingerprint density at radius 2 is 0.940 bits per heavy atom. The molecule has 2 saturated heterocycles. The first kappa shape index (κ1) is 54.0. The molecule has 0 atom stereocenters. The van der Waals surface area contributed by atoms with Crippen LogP contribution in [0.2, 0.25) is 0 Å². The number of benzene rings is 4. The van der Waals surface area contributed by atoms with Crippen LogP contribution in [0.25, 0.3) is 0 Å². The monoisotopic (exact) mass is 959 g/mol. The fraction of sp³-hybridized carbons (Fsp3) is 0.519. The van der Waals surface area contributed by atoms with E-state index in [1.807, 2.05) is 43.3 Å². The van der Waals surface area contributed by atoms with Crippen molar-refractivity contribution in [1.82, 2.24) is 0 Å². The molecule has 366 valence electrons. The first-order valence-electron chi connectivity index (χ1n) is 23.3. The Morgan fingerprint density at radius 1 is 0.582 bits per heavy atom. The van der Waals surface area contributed by atoms with E-state index in [1.165, 1.54) is 27.8 Å². The summed E-state index contributed by atoms with van der Waals surface area (Å²) < 4.78 is 33.8. The molecule has 6 rings (SSSR count). The molecule has 0 unspecified atom stereocenters. The molecule has 4 aromatic carbocycles. The minimum atomic E-state index is -1.54. The molecule has 1 spiro atoms. The predicted molar refractivity (Wildman–Crippen MR) is 273 cm³/mol. The number of nitrogens with one attached hydrogen (secondary N) is 2. The third-order valence-corrected chi connectivity index (χ3v) is 13.9. The Kier molecular flexibility index (Phi) is 17.9. The van der Waals surface area contributed by atoms with E-state index in [4.69, 9.17) is 27.1 Å². The van der Waals surface area contributed by atoms with E-state index < -0.39 is 17.2 Å². The van der Waals surface area contributed by atoms with Crippen molar-refractivity contribution in [2.45, 2.75) is 144 Å². The predicted octanol–water partition coefficient (Wildman–Crippen LogP) is 13.6. The van der Waals surface area contributed by atoms with Crippen LogP contribution in [0.3, 0.4) is 0 Å². The van der Waals surface area contributed by atoms with Crippen LogP contribution in [0.1, 0.15) is 140 Å². The fourth-order valence-electron chi connectivity index (χ4n) is 7.98. The molecule has 0 aromatic heterocycles. The van der Waals surface area contributed by atoms with Crippen LogP contribution in [-0.4, -0.2) is 50.5 Å². The minimum absolute atomic E-state index is 0.0639. The lowest BCUT2D eigenvalue weighted by atomic mass is 9.75. The average molecular weight is 959 g/mol. The van der Waals surface area contributed by atoms with E-state index in [0.29, 0.717) is 62.9 Å². The summed E-state index contributed by atoms with van der Waals surface area (Å²) in [6.45, 7) is 32.1. The zero-order valence-electron chi connectivity index (χ0n) is 42.7. The molecule has 11 nitrogen and oxygen atoms in total. The lowest BCUT2D eigenvalue weighted by Gasteiger charge is -2.41. The first-order chi connectivity index (χ1) is 31.2. The zero-order chi connectivity index (χ0) is 49.5. The third kappa shape index (κ3) is 15.5. The van der Waals surface area contributed by atoms with Gasteiger partial charge < -0.3 is 42.9 Å². The molecule has 2 aliphatic heterocycles. The molecule has 2 heterocycles. The second-order valence-corrected chi connectivity index (χ2v) is 24.6. The summed E-state index contributed by atoms with van der Waals surface area (Å²) in [6.07, 6.45) is 2.14. The van der Waals surface area contributed by atoms with Crippen molar-refractivity contribution in [2.24, 2.45) is 5.41 Å². The van der Waals surface area contributed by atoms with Crippen molar-refractivity contribution in [3.8, 4) is 11.5 Å². The normalized spacial score (nSPS) is 19.0. The Balaban J connectivity index is 0.000000271. The van der Waals surface area contributed by atoms with Crippen LogP contribution in [-0.2, 0) is 66.7 Å². The maximum atomic E-state index is 12.7. The molecule has 2 aliphatic rings. The largest absolute Gasteiger partial charge is 0.507 e. The number of phenols is 1. The second-order valence-electron chi connectivity index (χ2n) is 22.2. The number of hydrogen-bond acceptors (Lipinski definition) is 9. The van der Waals surface area contributed by atoms with Gasteiger partial charge in [0.25, 0.3) is 0 Å². The number of carbonyl (C=O) groups excluding carboxylic acids is 2. The van der Waals surface area contributed by atoms with Gasteiger partial charge in [0, 0.05) is 31.3 Å². The van der Waals surface area contributed by atoms with E-state index in [1.54, 1.807) is 31.4 Å². The summed E-state index contributed by atoms with van der Waals surface area (Å²) in [5.74, 6) is 0.916. The number of rotatable bonds is 11. The van der Waals surface area contributed by atoms with Gasteiger partial charge in [-0.15, -0.1) is 0 Å². The number of aryl methyl sites for hydroxylation is 3. The standard InChI is InChI=1S/C29H41NO8P2.C25H35NO/c1-27(2,3)23-14-20(15-24(26(23)32)28(4,5)6)8-13-25(31)30-21-9-11-22(12-10-21)38-40-36-18-29(19-37-40)16-34-39(33-7)35-17-29;1-17-9-12-20(13-10-17)26-23(27)14-11-19-15-21(24(3,4)5)18(2)22(16-19)25(6,7)8/h9-12,14-15,32H,8,13,16-19H2,1-7H3,(H,30,31);9-10,12-13,15-16H,11,14H2,1-8H3,(H,26,27). The first-order valence-corrected chi connectivity index (χ1v) is 25.5. The molecule has 0 radical (unpaired) electrons. The van der Waals surface area contributed by atoms with Crippen molar-refractivity contribution < 1.29 is 41.8 Å². The number of anilines is 2. The van der Waals surface area contributed by atoms with E-state index in [2.05, 4.69) is 113 Å². The Labute approximate surface area is 403 Å². The number of aromatic hydroxyl groups is 1. The van der Waals surface area contributed by atoms with E-state index in [9.17, 15) is 14.7 Å². The lowest BCUT2D eigenvalue weighted by molar-refractivity contribution is -0.117. The van der Waals surface area contributed by atoms with Crippen LogP contribution in [0, 0.1) is 19.3 Å². The van der Waals surface area contributed by atoms with Crippen LogP contribution in [0.4, 0.5) is 11.4 Å². The number of carbonyl (C=O) groups is 2. The van der Waals surface area contributed by atoms with Gasteiger partial charge in [-0.25, -0.2) is 0 Å². The molecular weight excluding hydrogens is 883 g/mol. The highest BCUT2D eigenvalue weighted by Gasteiger charge is 2.44. The highest BCUT2D eigenvalue weighted by molar-refractivity contribution is 7.42. The van der Waals surface area contributed by atoms with Gasteiger partial charge >= 0.3 is 17.2 Å². The summed E-state index contributed by atoms with van der Waals surface area (Å²) >= 11 is 0. The molecule has 3 N–H and O–H groups in total. The van der Waals surface area contributed by atoms with Gasteiger partial charge in [-0.1, -0.05) is 125 Å². The summed E-state index contributed by atoms with van der Waals surface area (Å²) in [5, 5.41) is 16.9. The highest BCUT2D eigenvalue weighted by Crippen LogP contribution is 2.53. The lowest BCUT2D eigenvalue weighted by Crippen LogP contribution is -2.44. The van der Waals surface area contributed by atoms with Crippen molar-refractivity contribution in [3.63, 3.8) is 0 Å². The molecule has 67 heavy (non-hydrogen) atoms. The highest BCUT2D eigenvalue weighted by atomic mass is 31.2. The maximum Gasteiger partial charge on any atom is 0.397 e. The molecule has 0 aliphatic carbocycles. The van der Waals surface area contributed by atoms with Gasteiger partial charge in [-0.05, 0) is 124 Å². The van der Waals surface area contributed by atoms with Crippen LogP contribution < -0.4 is 15.2 Å². The minimum Gasteiger partial charge on any atom is -0.507 e. The van der Waals surface area contributed by atoms with Crippen molar-refractivity contribution in [3.05, 3.63) is 117 Å². The number of hydrogen-bond donors (Lipinski definition) is 3. The van der Waals surface area contributed by atoms with Gasteiger partial charge in [0.1, 0.15) is 11.5 Å². The molecule has 2 fully saturated rings. The third-order valence-electron chi connectivity index (χ3n) is 11.9. The topological polar surface area (TPSA) is 134 Å². The maximum absolute atomic E-state index is 12.7. The summed E-state index contributed by atoms with van der Waals surface area (Å²) in [4.78, 5) is 25.1. The Morgan fingerprint density at radius 3 is 1.31 bits per heavy atom. The summed E-state index contributed by atoms with van der Waals surface area (Å²) in [7, 11) is -1.26. The molecule has 0 bridgehead atoms. The fourth-order valence-corrected chi connectivity index (χ4v) is 10.3. The zero-order valence-corrected chi connectivity index (χ0v) is 44.5. The molecular formula is C54H76N2O9P2. The average Bonchev–Trinajstić information content (AvgIpc) is 3.24. The summed E-state index contributed by atoms with van der Waals surface area (Å²) in [5.41, 5.74) is 10.3. The van der Waals surface area contributed by atoms with E-state index in [-0.39, 0.29) is 38.9 Å². The van der Waals surface area contributed by atoms with Crippen molar-refractivity contribution >= 4 is 40.4 Å². The van der Waals surface area contributed by atoms with Gasteiger partial charge in [0.05, 0.1) is 31.8 Å². The Bertz CT molecular complexity index is 2220. The summed E-state index contributed by atoms with van der Waals surface area (Å²) in [6, 6.07) is 23.7.